The summed E-state index contributed by atoms with van der Waals surface area (Å²) in [6, 6.07) is 16.2. The third-order valence-corrected chi connectivity index (χ3v) is 5.45. The van der Waals surface area contributed by atoms with Gasteiger partial charge in [0.1, 0.15) is 18.4 Å². The number of imidazole rings is 1. The lowest BCUT2D eigenvalue weighted by molar-refractivity contribution is -0.135. The van der Waals surface area contributed by atoms with Crippen molar-refractivity contribution in [1.29, 1.82) is 0 Å². The lowest BCUT2D eigenvalue weighted by Crippen LogP contribution is -2.46. The average molecular weight is 434 g/mol. The molecule has 0 spiro atoms. The topological polar surface area (TPSA) is 88.3 Å². The number of halogens is 1. The molecule has 2 aromatic heterocycles. The molecule has 1 fully saturated rings. The quantitative estimate of drug-likeness (QED) is 0.482. The van der Waals surface area contributed by atoms with Crippen molar-refractivity contribution < 1.29 is 14.2 Å². The van der Waals surface area contributed by atoms with E-state index in [-0.39, 0.29) is 24.8 Å². The molecule has 0 amide bonds. The van der Waals surface area contributed by atoms with Gasteiger partial charge in [0.05, 0.1) is 19.0 Å². The fourth-order valence-corrected chi connectivity index (χ4v) is 3.94. The van der Waals surface area contributed by atoms with Gasteiger partial charge in [-0.15, -0.1) is 0 Å². The van der Waals surface area contributed by atoms with Crippen LogP contribution in [0.3, 0.4) is 0 Å². The van der Waals surface area contributed by atoms with E-state index in [1.807, 2.05) is 34.9 Å². The van der Waals surface area contributed by atoms with Crippen molar-refractivity contribution in [2.45, 2.75) is 18.9 Å². The van der Waals surface area contributed by atoms with Gasteiger partial charge >= 0.3 is 0 Å². The van der Waals surface area contributed by atoms with Gasteiger partial charge in [0.25, 0.3) is 0 Å². The molecule has 9 heteroatoms. The Bertz CT molecular complexity index is 1180. The van der Waals surface area contributed by atoms with E-state index in [0.29, 0.717) is 36.6 Å². The van der Waals surface area contributed by atoms with Crippen LogP contribution in [0.5, 0.6) is 0 Å². The Labute approximate surface area is 184 Å². The standard InChI is InChI=1S/C23H23FN6O2/c24-17-8-6-16(7-9-17)10-29-11-19(13-31)32-20(12-29)30-15-27-21-22(25-14-26-23(21)30)28-18-4-2-1-3-5-18/h1-9,14-15,19-20,31H,10-13H2,(H,25,26,28)/t19-,20+/m0/s1. The fourth-order valence-electron chi connectivity index (χ4n) is 3.94. The maximum atomic E-state index is 13.3. The van der Waals surface area contributed by atoms with E-state index < -0.39 is 0 Å². The number of fused-ring (bicyclic) bond motifs is 1. The Morgan fingerprint density at radius 2 is 1.84 bits per heavy atom. The monoisotopic (exact) mass is 434 g/mol. The first-order valence-electron chi connectivity index (χ1n) is 10.4. The van der Waals surface area contributed by atoms with E-state index in [1.165, 1.54) is 18.5 Å². The Morgan fingerprint density at radius 3 is 2.62 bits per heavy atom. The SMILES string of the molecule is OC[C@@H]1CN(Cc2ccc(F)cc2)C[C@H](n2cnc3c(Nc4ccccc4)ncnc32)O1. The number of aliphatic hydroxyl groups is 1. The molecule has 2 N–H and O–H groups in total. The number of anilines is 2. The number of benzene rings is 2. The number of morpholine rings is 1. The summed E-state index contributed by atoms with van der Waals surface area (Å²) in [5, 5.41) is 13.1. The number of nitrogens with zero attached hydrogens (tertiary/aromatic N) is 5. The maximum absolute atomic E-state index is 13.3. The molecule has 2 atom stereocenters. The number of ether oxygens (including phenoxy) is 1. The lowest BCUT2D eigenvalue weighted by Gasteiger charge is -2.37. The molecule has 0 saturated carbocycles. The van der Waals surface area contributed by atoms with Crippen LogP contribution in [0.1, 0.15) is 11.8 Å². The second-order valence-electron chi connectivity index (χ2n) is 7.75. The zero-order valence-electron chi connectivity index (χ0n) is 17.3. The normalized spacial score (nSPS) is 19.3. The van der Waals surface area contributed by atoms with Crippen LogP contribution in [0, 0.1) is 5.82 Å². The van der Waals surface area contributed by atoms with Crippen molar-refractivity contribution in [2.75, 3.05) is 25.0 Å². The van der Waals surface area contributed by atoms with E-state index in [2.05, 4.69) is 25.2 Å². The average Bonchev–Trinajstić information content (AvgIpc) is 3.26. The molecule has 0 unspecified atom stereocenters. The highest BCUT2D eigenvalue weighted by molar-refractivity contribution is 5.85. The van der Waals surface area contributed by atoms with Gasteiger partial charge in [-0.3, -0.25) is 9.47 Å². The minimum atomic E-state index is -0.383. The van der Waals surface area contributed by atoms with Crippen LogP contribution in [0.4, 0.5) is 15.9 Å². The largest absolute Gasteiger partial charge is 0.394 e. The highest BCUT2D eigenvalue weighted by Gasteiger charge is 2.30. The Morgan fingerprint density at radius 1 is 1.03 bits per heavy atom. The number of aliphatic hydroxyl groups excluding tert-OH is 1. The van der Waals surface area contributed by atoms with E-state index >= 15 is 0 Å². The van der Waals surface area contributed by atoms with Crippen molar-refractivity contribution in [3.63, 3.8) is 0 Å². The van der Waals surface area contributed by atoms with Crippen molar-refractivity contribution in [3.05, 3.63) is 78.6 Å². The second kappa shape index (κ2) is 8.99. The van der Waals surface area contributed by atoms with E-state index in [0.717, 1.165) is 11.3 Å². The minimum Gasteiger partial charge on any atom is -0.394 e. The van der Waals surface area contributed by atoms with Crippen LogP contribution in [0.25, 0.3) is 11.2 Å². The van der Waals surface area contributed by atoms with Gasteiger partial charge in [-0.05, 0) is 29.8 Å². The van der Waals surface area contributed by atoms with Gasteiger partial charge in [-0.25, -0.2) is 19.3 Å². The van der Waals surface area contributed by atoms with Crippen LogP contribution in [-0.4, -0.2) is 55.3 Å². The smallest absolute Gasteiger partial charge is 0.167 e. The molecule has 2 aromatic carbocycles. The lowest BCUT2D eigenvalue weighted by atomic mass is 10.1. The summed E-state index contributed by atoms with van der Waals surface area (Å²) in [5.74, 6) is 0.351. The fraction of sp³-hybridized carbons (Fsp3) is 0.261. The second-order valence-corrected chi connectivity index (χ2v) is 7.75. The molecular weight excluding hydrogens is 411 g/mol. The first kappa shape index (κ1) is 20.5. The molecule has 3 heterocycles. The molecule has 5 rings (SSSR count). The Hall–Kier alpha value is -3.40. The van der Waals surface area contributed by atoms with Crippen LogP contribution >= 0.6 is 0 Å². The number of aromatic nitrogens is 4. The highest BCUT2D eigenvalue weighted by atomic mass is 19.1. The molecular formula is C23H23FN6O2. The molecule has 0 aliphatic carbocycles. The number of rotatable bonds is 6. The van der Waals surface area contributed by atoms with Gasteiger partial charge in [0, 0.05) is 25.3 Å². The Balaban J connectivity index is 1.40. The molecule has 32 heavy (non-hydrogen) atoms. The number of hydrogen-bond donors (Lipinski definition) is 2. The van der Waals surface area contributed by atoms with Crippen molar-refractivity contribution in [3.8, 4) is 0 Å². The van der Waals surface area contributed by atoms with Gasteiger partial charge in [-0.2, -0.15) is 0 Å². The number of hydrogen-bond acceptors (Lipinski definition) is 7. The summed E-state index contributed by atoms with van der Waals surface area (Å²) in [7, 11) is 0. The number of para-hydroxylation sites is 1. The summed E-state index contributed by atoms with van der Waals surface area (Å²) in [6.45, 7) is 1.68. The van der Waals surface area contributed by atoms with E-state index in [1.54, 1.807) is 18.5 Å². The van der Waals surface area contributed by atoms with Crippen LogP contribution in [0.2, 0.25) is 0 Å². The summed E-state index contributed by atoms with van der Waals surface area (Å²) in [6.07, 6.45) is 2.45. The molecule has 4 aromatic rings. The van der Waals surface area contributed by atoms with Crippen molar-refractivity contribution in [2.24, 2.45) is 0 Å². The molecule has 0 radical (unpaired) electrons. The van der Waals surface area contributed by atoms with Crippen LogP contribution in [0.15, 0.2) is 67.3 Å². The van der Waals surface area contributed by atoms with Crippen LogP contribution in [-0.2, 0) is 11.3 Å². The molecule has 0 bridgehead atoms. The van der Waals surface area contributed by atoms with E-state index in [9.17, 15) is 9.50 Å². The van der Waals surface area contributed by atoms with Crippen LogP contribution < -0.4 is 5.32 Å². The zero-order valence-corrected chi connectivity index (χ0v) is 17.3. The Kier molecular flexibility index (Phi) is 5.76. The maximum Gasteiger partial charge on any atom is 0.167 e. The van der Waals surface area contributed by atoms with E-state index in [4.69, 9.17) is 4.74 Å². The third kappa shape index (κ3) is 4.31. The summed E-state index contributed by atoms with van der Waals surface area (Å²) in [4.78, 5) is 15.5. The zero-order chi connectivity index (χ0) is 21.9. The summed E-state index contributed by atoms with van der Waals surface area (Å²) in [5.41, 5.74) is 3.18. The van der Waals surface area contributed by atoms with Gasteiger partial charge in [0.15, 0.2) is 17.0 Å². The summed E-state index contributed by atoms with van der Waals surface area (Å²) < 4.78 is 21.2. The van der Waals surface area contributed by atoms with Gasteiger partial charge < -0.3 is 15.2 Å². The molecule has 1 saturated heterocycles. The van der Waals surface area contributed by atoms with Gasteiger partial charge in [0.2, 0.25) is 0 Å². The predicted molar refractivity (Wildman–Crippen MR) is 118 cm³/mol. The summed E-state index contributed by atoms with van der Waals surface area (Å²) >= 11 is 0. The first-order chi connectivity index (χ1) is 15.7. The van der Waals surface area contributed by atoms with Crippen molar-refractivity contribution >= 4 is 22.7 Å². The molecule has 8 nitrogen and oxygen atoms in total. The highest BCUT2D eigenvalue weighted by Crippen LogP contribution is 2.27. The molecule has 1 aliphatic heterocycles. The molecule has 164 valence electrons. The minimum absolute atomic E-state index is 0.0984. The van der Waals surface area contributed by atoms with Crippen molar-refractivity contribution in [1.82, 2.24) is 24.4 Å². The predicted octanol–water partition coefficient (Wildman–Crippen LogP) is 3.10. The molecule has 1 aliphatic rings. The van der Waals surface area contributed by atoms with Gasteiger partial charge in [-0.1, -0.05) is 30.3 Å². The first-order valence-corrected chi connectivity index (χ1v) is 10.4. The third-order valence-electron chi connectivity index (χ3n) is 5.45. The number of nitrogens with one attached hydrogen (secondary N) is 1.